The first-order chi connectivity index (χ1) is 9.77. The predicted octanol–water partition coefficient (Wildman–Crippen LogP) is 3.74. The van der Waals surface area contributed by atoms with Crippen LogP contribution >= 0.6 is 0 Å². The molecule has 0 radical (unpaired) electrons. The molecule has 0 unspecified atom stereocenters. The second-order valence-electron chi connectivity index (χ2n) is 6.23. The van der Waals surface area contributed by atoms with E-state index in [0.717, 1.165) is 19.1 Å². The van der Waals surface area contributed by atoms with Crippen LogP contribution in [-0.2, 0) is 6.54 Å². The van der Waals surface area contributed by atoms with Crippen LogP contribution in [0.1, 0.15) is 49.7 Å². The summed E-state index contributed by atoms with van der Waals surface area (Å²) in [6, 6.07) is 9.49. The molecule has 112 valence electrons. The lowest BCUT2D eigenvalue weighted by atomic mass is 9.94. The van der Waals surface area contributed by atoms with Gasteiger partial charge in [0.2, 0.25) is 0 Å². The zero-order valence-corrected chi connectivity index (χ0v) is 13.2. The Kier molecular flexibility index (Phi) is 6.55. The van der Waals surface area contributed by atoms with Crippen molar-refractivity contribution in [3.63, 3.8) is 0 Å². The summed E-state index contributed by atoms with van der Waals surface area (Å²) < 4.78 is 0. The van der Waals surface area contributed by atoms with Gasteiger partial charge in [-0.05, 0) is 57.5 Å². The summed E-state index contributed by atoms with van der Waals surface area (Å²) in [6.07, 6.45) is 8.38. The molecule has 0 atom stereocenters. The highest BCUT2D eigenvalue weighted by atomic mass is 15.1. The van der Waals surface area contributed by atoms with Crippen molar-refractivity contribution < 1.29 is 0 Å². The number of rotatable bonds is 7. The van der Waals surface area contributed by atoms with Crippen LogP contribution in [0, 0.1) is 6.92 Å². The van der Waals surface area contributed by atoms with E-state index in [0.29, 0.717) is 0 Å². The van der Waals surface area contributed by atoms with Gasteiger partial charge < -0.3 is 10.2 Å². The van der Waals surface area contributed by atoms with E-state index in [1.165, 1.54) is 56.2 Å². The Morgan fingerprint density at radius 2 is 1.90 bits per heavy atom. The summed E-state index contributed by atoms with van der Waals surface area (Å²) in [5.41, 5.74) is 2.81. The molecule has 2 nitrogen and oxygen atoms in total. The first-order valence-electron chi connectivity index (χ1n) is 8.23. The van der Waals surface area contributed by atoms with E-state index >= 15 is 0 Å². The SMILES string of the molecule is Cc1ccccc1CNCCCN(C)C1CCCCC1. The number of hydrogen-bond acceptors (Lipinski definition) is 2. The third-order valence-electron chi connectivity index (χ3n) is 4.64. The first-order valence-corrected chi connectivity index (χ1v) is 8.23. The maximum absolute atomic E-state index is 3.57. The molecule has 20 heavy (non-hydrogen) atoms. The van der Waals surface area contributed by atoms with Gasteiger partial charge in [0.05, 0.1) is 0 Å². The summed E-state index contributed by atoms with van der Waals surface area (Å²) in [6.45, 7) is 5.53. The number of nitrogens with zero attached hydrogens (tertiary/aromatic N) is 1. The van der Waals surface area contributed by atoms with Crippen LogP contribution in [-0.4, -0.2) is 31.1 Å². The van der Waals surface area contributed by atoms with Crippen LogP contribution in [0.3, 0.4) is 0 Å². The van der Waals surface area contributed by atoms with E-state index < -0.39 is 0 Å². The Morgan fingerprint density at radius 1 is 1.15 bits per heavy atom. The summed E-state index contributed by atoms with van der Waals surface area (Å²) >= 11 is 0. The van der Waals surface area contributed by atoms with Crippen LogP contribution < -0.4 is 5.32 Å². The fourth-order valence-corrected chi connectivity index (χ4v) is 3.19. The van der Waals surface area contributed by atoms with Crippen molar-refractivity contribution in [1.82, 2.24) is 10.2 Å². The Hall–Kier alpha value is -0.860. The molecule has 1 aromatic carbocycles. The maximum Gasteiger partial charge on any atom is 0.0208 e. The van der Waals surface area contributed by atoms with E-state index in [-0.39, 0.29) is 0 Å². The Bertz CT molecular complexity index is 383. The van der Waals surface area contributed by atoms with Crippen LogP contribution in [0.25, 0.3) is 0 Å². The highest BCUT2D eigenvalue weighted by Gasteiger charge is 2.16. The van der Waals surface area contributed by atoms with Gasteiger partial charge in [0, 0.05) is 12.6 Å². The summed E-state index contributed by atoms with van der Waals surface area (Å²) in [5.74, 6) is 0. The second kappa shape index (κ2) is 8.43. The van der Waals surface area contributed by atoms with Gasteiger partial charge in [0.25, 0.3) is 0 Å². The third-order valence-corrected chi connectivity index (χ3v) is 4.64. The van der Waals surface area contributed by atoms with Crippen molar-refractivity contribution >= 4 is 0 Å². The summed E-state index contributed by atoms with van der Waals surface area (Å²) in [7, 11) is 2.30. The summed E-state index contributed by atoms with van der Waals surface area (Å²) in [5, 5.41) is 3.57. The van der Waals surface area contributed by atoms with E-state index in [4.69, 9.17) is 0 Å². The van der Waals surface area contributed by atoms with Gasteiger partial charge in [0.1, 0.15) is 0 Å². The zero-order chi connectivity index (χ0) is 14.2. The minimum atomic E-state index is 0.847. The average Bonchev–Trinajstić information content (AvgIpc) is 2.49. The van der Waals surface area contributed by atoms with Gasteiger partial charge in [-0.25, -0.2) is 0 Å². The van der Waals surface area contributed by atoms with Gasteiger partial charge in [-0.2, -0.15) is 0 Å². The van der Waals surface area contributed by atoms with Crippen LogP contribution in [0.15, 0.2) is 24.3 Å². The smallest absolute Gasteiger partial charge is 0.0208 e. The minimum absolute atomic E-state index is 0.847. The Balaban J connectivity index is 1.58. The lowest BCUT2D eigenvalue weighted by molar-refractivity contribution is 0.189. The van der Waals surface area contributed by atoms with Crippen LogP contribution in [0.4, 0.5) is 0 Å². The maximum atomic E-state index is 3.57. The van der Waals surface area contributed by atoms with E-state index in [2.05, 4.69) is 48.5 Å². The lowest BCUT2D eigenvalue weighted by Crippen LogP contribution is -2.35. The van der Waals surface area contributed by atoms with Crippen LogP contribution in [0.5, 0.6) is 0 Å². The number of benzene rings is 1. The van der Waals surface area contributed by atoms with Crippen molar-refractivity contribution in [3.8, 4) is 0 Å². The van der Waals surface area contributed by atoms with Crippen molar-refractivity contribution in [2.75, 3.05) is 20.1 Å². The van der Waals surface area contributed by atoms with Crippen molar-refractivity contribution in [3.05, 3.63) is 35.4 Å². The molecule has 2 rings (SSSR count). The largest absolute Gasteiger partial charge is 0.313 e. The van der Waals surface area contributed by atoms with Crippen molar-refractivity contribution in [2.24, 2.45) is 0 Å². The van der Waals surface area contributed by atoms with Gasteiger partial charge in [0.15, 0.2) is 0 Å². The molecule has 0 amide bonds. The zero-order valence-electron chi connectivity index (χ0n) is 13.2. The number of hydrogen-bond donors (Lipinski definition) is 1. The molecule has 0 bridgehead atoms. The van der Waals surface area contributed by atoms with E-state index in [9.17, 15) is 0 Å². The van der Waals surface area contributed by atoms with Gasteiger partial charge in [-0.15, -0.1) is 0 Å². The van der Waals surface area contributed by atoms with E-state index in [1.807, 2.05) is 0 Å². The van der Waals surface area contributed by atoms with Gasteiger partial charge >= 0.3 is 0 Å². The van der Waals surface area contributed by atoms with Crippen molar-refractivity contribution in [2.45, 2.75) is 58.0 Å². The normalized spacial score (nSPS) is 16.8. The standard InChI is InChI=1S/C18H30N2/c1-16-9-6-7-10-17(16)15-19-13-8-14-20(2)18-11-4-3-5-12-18/h6-7,9-10,18-19H,3-5,8,11-15H2,1-2H3. The Labute approximate surface area is 124 Å². The highest BCUT2D eigenvalue weighted by molar-refractivity contribution is 5.25. The molecule has 0 heterocycles. The quantitative estimate of drug-likeness (QED) is 0.762. The molecule has 1 aliphatic carbocycles. The van der Waals surface area contributed by atoms with Crippen LogP contribution in [0.2, 0.25) is 0 Å². The second-order valence-corrected chi connectivity index (χ2v) is 6.23. The Morgan fingerprint density at radius 3 is 2.65 bits per heavy atom. The molecule has 2 heteroatoms. The fraction of sp³-hybridized carbons (Fsp3) is 0.667. The minimum Gasteiger partial charge on any atom is -0.313 e. The first kappa shape index (κ1) is 15.5. The van der Waals surface area contributed by atoms with Gasteiger partial charge in [-0.3, -0.25) is 0 Å². The number of aryl methyl sites for hydroxylation is 1. The molecule has 0 saturated heterocycles. The monoisotopic (exact) mass is 274 g/mol. The molecular formula is C18H30N2. The topological polar surface area (TPSA) is 15.3 Å². The molecule has 0 aromatic heterocycles. The lowest BCUT2D eigenvalue weighted by Gasteiger charge is -2.31. The molecule has 1 aromatic rings. The molecule has 1 saturated carbocycles. The molecule has 0 aliphatic heterocycles. The average molecular weight is 274 g/mol. The van der Waals surface area contributed by atoms with Crippen molar-refractivity contribution in [1.29, 1.82) is 0 Å². The molecule has 1 fully saturated rings. The third kappa shape index (κ3) is 4.92. The van der Waals surface area contributed by atoms with E-state index in [1.54, 1.807) is 0 Å². The molecule has 0 spiro atoms. The molecule has 1 N–H and O–H groups in total. The van der Waals surface area contributed by atoms with Gasteiger partial charge in [-0.1, -0.05) is 43.5 Å². The molecule has 1 aliphatic rings. The fourth-order valence-electron chi connectivity index (χ4n) is 3.19. The number of nitrogens with one attached hydrogen (secondary N) is 1. The predicted molar refractivity (Wildman–Crippen MR) is 87.0 cm³/mol. The summed E-state index contributed by atoms with van der Waals surface area (Å²) in [4.78, 5) is 2.58. The molecular weight excluding hydrogens is 244 g/mol. The highest BCUT2D eigenvalue weighted by Crippen LogP contribution is 2.21.